The molecule has 1 spiro atoms. The van der Waals surface area contributed by atoms with Crippen molar-refractivity contribution < 1.29 is 14.3 Å². The van der Waals surface area contributed by atoms with Crippen LogP contribution < -0.4 is 4.90 Å². The van der Waals surface area contributed by atoms with E-state index in [2.05, 4.69) is 34.1 Å². The summed E-state index contributed by atoms with van der Waals surface area (Å²) >= 11 is 0. The molecule has 0 N–H and O–H groups in total. The Morgan fingerprint density at radius 2 is 2.20 bits per heavy atom. The fourth-order valence-electron chi connectivity index (χ4n) is 3.86. The average Bonchev–Trinajstić information content (AvgIpc) is 3.00. The minimum absolute atomic E-state index is 0.240. The molecule has 130 valence electrons. The van der Waals surface area contributed by atoms with Gasteiger partial charge in [0.15, 0.2) is 0 Å². The van der Waals surface area contributed by atoms with Crippen LogP contribution in [0.25, 0.3) is 0 Å². The molecule has 0 saturated carbocycles. The van der Waals surface area contributed by atoms with E-state index in [-0.39, 0.29) is 11.6 Å². The Kier molecular flexibility index (Phi) is 4.17. The molecule has 1 aromatic heterocycles. The molecule has 1 unspecified atom stereocenters. The predicted molar refractivity (Wildman–Crippen MR) is 94.8 cm³/mol. The quantitative estimate of drug-likeness (QED) is 0.806. The summed E-state index contributed by atoms with van der Waals surface area (Å²) in [5, 5.41) is 0. The van der Waals surface area contributed by atoms with Crippen LogP contribution in [0.3, 0.4) is 0 Å². The minimum atomic E-state index is -0.329. The maximum Gasteiger partial charge on any atom is 0.339 e. The maximum absolute atomic E-state index is 11.8. The van der Waals surface area contributed by atoms with Crippen LogP contribution in [0, 0.1) is 0 Å². The number of rotatable bonds is 3. The zero-order valence-electron chi connectivity index (χ0n) is 14.4. The van der Waals surface area contributed by atoms with Crippen LogP contribution in [-0.2, 0) is 21.5 Å². The summed E-state index contributed by atoms with van der Waals surface area (Å²) in [5.41, 5.74) is 2.94. The number of carbonyl (C=O) groups is 1. The SMILES string of the molecule is CCOC(=O)c1ccc(N2CCOC3(CCc4ccccc43)C2)nc1. The van der Waals surface area contributed by atoms with Gasteiger partial charge in [0, 0.05) is 12.7 Å². The van der Waals surface area contributed by atoms with Gasteiger partial charge in [-0.15, -0.1) is 0 Å². The van der Waals surface area contributed by atoms with Crippen molar-refractivity contribution in [1.82, 2.24) is 4.98 Å². The van der Waals surface area contributed by atoms with E-state index in [4.69, 9.17) is 9.47 Å². The molecule has 1 aromatic carbocycles. The summed E-state index contributed by atoms with van der Waals surface area (Å²) in [7, 11) is 0. The second-order valence-electron chi connectivity index (χ2n) is 6.55. The maximum atomic E-state index is 11.8. The molecule has 4 rings (SSSR count). The summed E-state index contributed by atoms with van der Waals surface area (Å²) in [6.45, 7) is 4.43. The third kappa shape index (κ3) is 2.89. The Balaban J connectivity index is 1.55. The lowest BCUT2D eigenvalue weighted by Gasteiger charge is -2.41. The molecule has 5 nitrogen and oxygen atoms in total. The molecule has 1 aliphatic carbocycles. The van der Waals surface area contributed by atoms with E-state index in [9.17, 15) is 4.79 Å². The molecule has 1 aliphatic heterocycles. The van der Waals surface area contributed by atoms with Gasteiger partial charge < -0.3 is 14.4 Å². The highest BCUT2D eigenvalue weighted by molar-refractivity contribution is 5.89. The number of aryl methyl sites for hydroxylation is 1. The molecule has 1 saturated heterocycles. The lowest BCUT2D eigenvalue weighted by atomic mass is 9.93. The van der Waals surface area contributed by atoms with Gasteiger partial charge in [0.25, 0.3) is 0 Å². The second-order valence-corrected chi connectivity index (χ2v) is 6.55. The number of pyridine rings is 1. The normalized spacial score (nSPS) is 22.0. The number of benzene rings is 1. The summed E-state index contributed by atoms with van der Waals surface area (Å²) < 4.78 is 11.3. The first-order valence-electron chi connectivity index (χ1n) is 8.82. The first-order chi connectivity index (χ1) is 12.2. The number of anilines is 1. The van der Waals surface area contributed by atoms with E-state index in [1.54, 1.807) is 19.2 Å². The first kappa shape index (κ1) is 16.1. The van der Waals surface area contributed by atoms with Crippen LogP contribution in [0.15, 0.2) is 42.6 Å². The molecule has 0 bridgehead atoms. The second kappa shape index (κ2) is 6.48. The van der Waals surface area contributed by atoms with Crippen molar-refractivity contribution >= 4 is 11.8 Å². The van der Waals surface area contributed by atoms with Crippen LogP contribution in [0.2, 0.25) is 0 Å². The number of fused-ring (bicyclic) bond motifs is 2. The summed E-state index contributed by atoms with van der Waals surface area (Å²) in [6.07, 6.45) is 3.65. The van der Waals surface area contributed by atoms with E-state index in [1.165, 1.54) is 11.1 Å². The Labute approximate surface area is 147 Å². The Hall–Kier alpha value is -2.40. The molecule has 1 atom stereocenters. The van der Waals surface area contributed by atoms with E-state index in [0.717, 1.165) is 31.7 Å². The predicted octanol–water partition coefficient (Wildman–Crippen LogP) is 2.94. The van der Waals surface area contributed by atoms with E-state index >= 15 is 0 Å². The highest BCUT2D eigenvalue weighted by Gasteiger charge is 2.43. The van der Waals surface area contributed by atoms with Crippen LogP contribution in [-0.4, -0.2) is 37.3 Å². The smallest absolute Gasteiger partial charge is 0.339 e. The lowest BCUT2D eigenvalue weighted by molar-refractivity contribution is -0.0594. The number of morpholine rings is 1. The van der Waals surface area contributed by atoms with Gasteiger partial charge in [0.2, 0.25) is 0 Å². The molecule has 0 amide bonds. The van der Waals surface area contributed by atoms with Gasteiger partial charge in [-0.1, -0.05) is 24.3 Å². The van der Waals surface area contributed by atoms with E-state index in [1.807, 2.05) is 6.07 Å². The van der Waals surface area contributed by atoms with Crippen molar-refractivity contribution in [3.05, 3.63) is 59.3 Å². The van der Waals surface area contributed by atoms with Crippen molar-refractivity contribution in [1.29, 1.82) is 0 Å². The summed E-state index contributed by atoms with van der Waals surface area (Å²) in [6, 6.07) is 12.2. The molecule has 1 fully saturated rings. The van der Waals surface area contributed by atoms with Gasteiger partial charge in [-0.2, -0.15) is 0 Å². The standard InChI is InChI=1S/C20H22N2O3/c1-2-24-19(23)16-7-8-18(21-13-16)22-11-12-25-20(14-22)10-9-15-5-3-4-6-17(15)20/h3-8,13H,2,9-12,14H2,1H3. The Bertz CT molecular complexity index is 771. The first-order valence-corrected chi connectivity index (χ1v) is 8.82. The lowest BCUT2D eigenvalue weighted by Crippen LogP contribution is -2.49. The number of carbonyl (C=O) groups excluding carboxylic acids is 1. The Morgan fingerprint density at radius 1 is 1.32 bits per heavy atom. The van der Waals surface area contributed by atoms with Crippen molar-refractivity contribution in [2.75, 3.05) is 31.2 Å². The van der Waals surface area contributed by atoms with Crippen molar-refractivity contribution in [3.63, 3.8) is 0 Å². The van der Waals surface area contributed by atoms with Crippen molar-refractivity contribution in [2.45, 2.75) is 25.4 Å². The largest absolute Gasteiger partial charge is 0.462 e. The zero-order chi connectivity index (χ0) is 17.3. The van der Waals surface area contributed by atoms with Gasteiger partial charge in [0.05, 0.1) is 25.3 Å². The molecule has 0 radical (unpaired) electrons. The Morgan fingerprint density at radius 3 is 3.00 bits per heavy atom. The van der Waals surface area contributed by atoms with Gasteiger partial charge in [-0.05, 0) is 43.0 Å². The highest BCUT2D eigenvalue weighted by atomic mass is 16.5. The molecular formula is C20H22N2O3. The van der Waals surface area contributed by atoms with Crippen LogP contribution >= 0.6 is 0 Å². The monoisotopic (exact) mass is 338 g/mol. The van der Waals surface area contributed by atoms with E-state index in [0.29, 0.717) is 18.8 Å². The third-order valence-electron chi connectivity index (χ3n) is 5.08. The molecule has 25 heavy (non-hydrogen) atoms. The van der Waals surface area contributed by atoms with Crippen molar-refractivity contribution in [3.8, 4) is 0 Å². The van der Waals surface area contributed by atoms with Crippen LogP contribution in [0.4, 0.5) is 5.82 Å². The number of hydrogen-bond acceptors (Lipinski definition) is 5. The third-order valence-corrected chi connectivity index (χ3v) is 5.08. The fourth-order valence-corrected chi connectivity index (χ4v) is 3.86. The van der Waals surface area contributed by atoms with Crippen LogP contribution in [0.1, 0.15) is 34.8 Å². The van der Waals surface area contributed by atoms with Gasteiger partial charge >= 0.3 is 5.97 Å². The summed E-state index contributed by atoms with van der Waals surface area (Å²) in [5.74, 6) is 0.546. The topological polar surface area (TPSA) is 51.7 Å². The number of esters is 1. The molecule has 5 heteroatoms. The molecule has 2 aromatic rings. The number of nitrogens with zero attached hydrogens (tertiary/aromatic N) is 2. The summed E-state index contributed by atoms with van der Waals surface area (Å²) in [4.78, 5) is 18.5. The minimum Gasteiger partial charge on any atom is -0.462 e. The van der Waals surface area contributed by atoms with E-state index < -0.39 is 0 Å². The van der Waals surface area contributed by atoms with Crippen molar-refractivity contribution in [2.24, 2.45) is 0 Å². The molecule has 2 heterocycles. The number of aromatic nitrogens is 1. The molecular weight excluding hydrogens is 316 g/mol. The van der Waals surface area contributed by atoms with Crippen LogP contribution in [0.5, 0.6) is 0 Å². The zero-order valence-corrected chi connectivity index (χ0v) is 14.4. The average molecular weight is 338 g/mol. The van der Waals surface area contributed by atoms with Gasteiger partial charge in [0.1, 0.15) is 11.4 Å². The highest BCUT2D eigenvalue weighted by Crippen LogP contribution is 2.42. The molecule has 2 aliphatic rings. The van der Waals surface area contributed by atoms with Gasteiger partial charge in [-0.25, -0.2) is 9.78 Å². The number of hydrogen-bond donors (Lipinski definition) is 0. The van der Waals surface area contributed by atoms with Gasteiger partial charge in [-0.3, -0.25) is 0 Å². The fraction of sp³-hybridized carbons (Fsp3) is 0.400. The number of ether oxygens (including phenoxy) is 2.